The Kier molecular flexibility index (Phi) is 10.7. The monoisotopic (exact) mass is 808 g/mol. The molecule has 5 aliphatic rings. The molecule has 1 saturated heterocycles. The van der Waals surface area contributed by atoms with Crippen LogP contribution in [0.25, 0.3) is 10.8 Å². The van der Waals surface area contributed by atoms with E-state index >= 15 is 0 Å². The Labute approximate surface area is 334 Å². The Bertz CT molecular complexity index is 2080. The van der Waals surface area contributed by atoms with Gasteiger partial charge in [-0.1, -0.05) is 26.0 Å². The van der Waals surface area contributed by atoms with Crippen molar-refractivity contribution < 1.29 is 41.8 Å². The first-order valence-electron chi connectivity index (χ1n) is 20.1. The van der Waals surface area contributed by atoms with Crippen molar-refractivity contribution in [2.24, 2.45) is 17.8 Å². The molecule has 16 heteroatoms. The summed E-state index contributed by atoms with van der Waals surface area (Å²) in [5.41, 5.74) is -1.41. The maximum Gasteiger partial charge on any atom is 0.408 e. The maximum atomic E-state index is 14.9. The number of alkyl carbamates (subject to hydrolysis) is 1. The third-order valence-corrected chi connectivity index (χ3v) is 14.3. The Hall–Kier alpha value is -4.60. The average molecular weight is 809 g/mol. The topological polar surface area (TPSA) is 186 Å². The second-order valence-electron chi connectivity index (χ2n) is 18.0. The van der Waals surface area contributed by atoms with Crippen LogP contribution in [-0.4, -0.2) is 103 Å². The van der Waals surface area contributed by atoms with Crippen molar-refractivity contribution in [3.05, 3.63) is 36.5 Å². The molecule has 1 aromatic heterocycles. The molecule has 4 heterocycles. The van der Waals surface area contributed by atoms with E-state index in [9.17, 15) is 27.6 Å². The first-order chi connectivity index (χ1) is 26.8. The van der Waals surface area contributed by atoms with Crippen LogP contribution in [0.4, 0.5) is 10.5 Å². The molecule has 7 rings (SSSR count). The van der Waals surface area contributed by atoms with Crippen LogP contribution in [0.2, 0.25) is 0 Å². The molecule has 2 aliphatic carbocycles. The summed E-state index contributed by atoms with van der Waals surface area (Å²) in [5, 5.41) is 7.26. The lowest BCUT2D eigenvalue weighted by atomic mass is 9.88. The second kappa shape index (κ2) is 15.0. The SMILES string of the molecule is C[C@H]1CC/C=C\[C@@H]2C[C@@]2(C(=O)NS(=O)(=O)C2(C)CC2)NC(=O)[C@@H]2C[C@@H](Oc3nccc4c5c(ccc34)N(C)CCO5)CN2C(=O)[C@@H](NC(=O)OC(C)(C)C)[C@H](C)C1. The van der Waals surface area contributed by atoms with Gasteiger partial charge < -0.3 is 34.6 Å². The summed E-state index contributed by atoms with van der Waals surface area (Å²) < 4.78 is 45.9. The van der Waals surface area contributed by atoms with Gasteiger partial charge in [-0.3, -0.25) is 19.1 Å². The van der Waals surface area contributed by atoms with Gasteiger partial charge in [0.1, 0.15) is 35.9 Å². The number of nitrogens with zero attached hydrogens (tertiary/aromatic N) is 3. The Morgan fingerprint density at radius 1 is 1.09 bits per heavy atom. The smallest absolute Gasteiger partial charge is 0.408 e. The molecule has 0 radical (unpaired) electrons. The number of carbonyl (C=O) groups excluding carboxylic acids is 4. The fraction of sp³-hybridized carbons (Fsp3) is 0.634. The molecule has 0 bridgehead atoms. The van der Waals surface area contributed by atoms with Crippen LogP contribution in [0.5, 0.6) is 11.6 Å². The molecule has 3 fully saturated rings. The van der Waals surface area contributed by atoms with Crippen LogP contribution in [0.1, 0.15) is 86.5 Å². The van der Waals surface area contributed by atoms with E-state index in [0.717, 1.165) is 29.8 Å². The number of aromatic nitrogens is 1. The first kappa shape index (κ1) is 40.6. The van der Waals surface area contributed by atoms with Crippen LogP contribution < -0.4 is 29.7 Å². The minimum absolute atomic E-state index is 0.0246. The number of amides is 4. The number of carbonyl (C=O) groups is 4. The largest absolute Gasteiger partial charge is 0.489 e. The van der Waals surface area contributed by atoms with Gasteiger partial charge in [0.25, 0.3) is 5.91 Å². The van der Waals surface area contributed by atoms with Crippen LogP contribution in [0.15, 0.2) is 36.5 Å². The zero-order chi connectivity index (χ0) is 41.1. The summed E-state index contributed by atoms with van der Waals surface area (Å²) >= 11 is 0. The van der Waals surface area contributed by atoms with E-state index < -0.39 is 73.8 Å². The highest BCUT2D eigenvalue weighted by molar-refractivity contribution is 7.91. The fourth-order valence-corrected chi connectivity index (χ4v) is 9.64. The van der Waals surface area contributed by atoms with Crippen molar-refractivity contribution >= 4 is 50.3 Å². The van der Waals surface area contributed by atoms with Gasteiger partial charge in [-0.25, -0.2) is 18.2 Å². The van der Waals surface area contributed by atoms with Gasteiger partial charge in [0.2, 0.25) is 27.7 Å². The second-order valence-corrected chi connectivity index (χ2v) is 20.2. The molecular formula is C41H56N6O9S. The molecule has 4 amide bonds. The Morgan fingerprint density at radius 2 is 1.84 bits per heavy atom. The number of benzene rings is 1. The van der Waals surface area contributed by atoms with E-state index in [2.05, 4.69) is 32.2 Å². The fourth-order valence-electron chi connectivity index (χ4n) is 8.33. The van der Waals surface area contributed by atoms with Crippen molar-refractivity contribution in [1.29, 1.82) is 0 Å². The van der Waals surface area contributed by atoms with Crippen LogP contribution in [0.3, 0.4) is 0 Å². The van der Waals surface area contributed by atoms with Crippen LogP contribution >= 0.6 is 0 Å². The first-order valence-corrected chi connectivity index (χ1v) is 21.6. The van der Waals surface area contributed by atoms with Crippen molar-refractivity contribution in [1.82, 2.24) is 25.2 Å². The number of pyridine rings is 1. The molecule has 3 aliphatic heterocycles. The lowest BCUT2D eigenvalue weighted by Crippen LogP contribution is -2.59. The number of ether oxygens (including phenoxy) is 3. The summed E-state index contributed by atoms with van der Waals surface area (Å²) in [4.78, 5) is 64.7. The molecule has 310 valence electrons. The van der Waals surface area contributed by atoms with Gasteiger partial charge in [0.15, 0.2) is 5.75 Å². The molecule has 7 atom stereocenters. The van der Waals surface area contributed by atoms with Crippen molar-refractivity contribution in [2.75, 3.05) is 31.6 Å². The zero-order valence-corrected chi connectivity index (χ0v) is 34.7. The number of anilines is 1. The normalized spacial score (nSPS) is 30.6. The predicted octanol–water partition coefficient (Wildman–Crippen LogP) is 4.19. The zero-order valence-electron chi connectivity index (χ0n) is 33.9. The van der Waals surface area contributed by atoms with Crippen molar-refractivity contribution in [3.63, 3.8) is 0 Å². The van der Waals surface area contributed by atoms with Gasteiger partial charge in [-0.05, 0) is 96.3 Å². The number of likely N-dealkylation sites (N-methyl/N-ethyl adjacent to an activating group) is 1. The number of hydrogen-bond donors (Lipinski definition) is 3. The van der Waals surface area contributed by atoms with E-state index in [1.165, 1.54) is 4.90 Å². The summed E-state index contributed by atoms with van der Waals surface area (Å²) in [5.74, 6) is -1.54. The highest BCUT2D eigenvalue weighted by Crippen LogP contribution is 2.48. The molecule has 0 unspecified atom stereocenters. The summed E-state index contributed by atoms with van der Waals surface area (Å²) in [6, 6.07) is 3.54. The highest BCUT2D eigenvalue weighted by Gasteiger charge is 2.63. The minimum atomic E-state index is -4.00. The summed E-state index contributed by atoms with van der Waals surface area (Å²) in [6.07, 6.45) is 7.15. The molecular weight excluding hydrogens is 753 g/mol. The van der Waals surface area contributed by atoms with Gasteiger partial charge in [-0.15, -0.1) is 0 Å². The third-order valence-electron chi connectivity index (χ3n) is 12.1. The maximum absolute atomic E-state index is 14.9. The standard InChI is InChI=1S/C41H56N6O9S/c1-24-10-8-9-11-26-22-41(26,37(50)45-57(52,53)40(6)15-16-40)44-34(48)31-21-27(23-47(31)36(49)32(25(2)20-24)43-38(51)56-39(3,4)5)55-35-29-12-13-30-33(28(29)14-17-42-35)54-19-18-46(30)7/h9,11-14,17,24-27,31-32H,8,10,15-16,18-23H2,1-7H3,(H,43,51)(H,44,48)(H,45,50)/b11-9-/t24-,25+,26+,27+,31-,32-,41+/m0/s1. The van der Waals surface area contributed by atoms with Gasteiger partial charge >= 0.3 is 6.09 Å². The number of nitrogens with one attached hydrogen (secondary N) is 3. The number of allylic oxidation sites excluding steroid dienone is 1. The molecule has 2 aromatic rings. The van der Waals surface area contributed by atoms with Gasteiger partial charge in [-0.2, -0.15) is 0 Å². The molecule has 0 spiro atoms. The van der Waals surface area contributed by atoms with E-state index in [1.807, 2.05) is 44.3 Å². The number of fused-ring (bicyclic) bond motifs is 5. The van der Waals surface area contributed by atoms with E-state index in [0.29, 0.717) is 43.6 Å². The predicted molar refractivity (Wildman–Crippen MR) is 213 cm³/mol. The van der Waals surface area contributed by atoms with Crippen LogP contribution in [-0.2, 0) is 29.1 Å². The van der Waals surface area contributed by atoms with E-state index in [4.69, 9.17) is 14.2 Å². The van der Waals surface area contributed by atoms with Gasteiger partial charge in [0.05, 0.1) is 23.5 Å². The molecule has 3 N–H and O–H groups in total. The molecule has 1 aromatic carbocycles. The summed E-state index contributed by atoms with van der Waals surface area (Å²) in [6.45, 7) is 12.0. The van der Waals surface area contributed by atoms with Crippen molar-refractivity contribution in [3.8, 4) is 11.6 Å². The van der Waals surface area contributed by atoms with Crippen LogP contribution in [0, 0.1) is 17.8 Å². The van der Waals surface area contributed by atoms with Crippen molar-refractivity contribution in [2.45, 2.75) is 121 Å². The van der Waals surface area contributed by atoms with E-state index in [-0.39, 0.29) is 31.2 Å². The van der Waals surface area contributed by atoms with Gasteiger partial charge in [0, 0.05) is 36.4 Å². The number of sulfonamides is 1. The quantitative estimate of drug-likeness (QED) is 0.356. The van der Waals surface area contributed by atoms with E-state index in [1.54, 1.807) is 33.9 Å². The summed E-state index contributed by atoms with van der Waals surface area (Å²) in [7, 11) is -2.00. The lowest BCUT2D eigenvalue weighted by Gasteiger charge is -2.33. The Morgan fingerprint density at radius 3 is 2.56 bits per heavy atom. The third kappa shape index (κ3) is 8.24. The lowest BCUT2D eigenvalue weighted by molar-refractivity contribution is -0.142. The Balaban J connectivity index is 1.23. The number of hydrogen-bond acceptors (Lipinski definition) is 11. The average Bonchev–Trinajstić information content (AvgIpc) is 4.01. The molecule has 15 nitrogen and oxygen atoms in total. The molecule has 57 heavy (non-hydrogen) atoms. The molecule has 2 saturated carbocycles. The number of rotatable bonds is 6. The highest BCUT2D eigenvalue weighted by atomic mass is 32.2. The minimum Gasteiger partial charge on any atom is -0.489 e.